The predicted molar refractivity (Wildman–Crippen MR) is 80.6 cm³/mol. The number of aromatic nitrogens is 1. The molecule has 0 atom stereocenters. The number of anilines is 1. The lowest BCUT2D eigenvalue weighted by molar-refractivity contribution is 0.102. The average molecular weight is 289 g/mol. The number of carbonyl (C=O) groups excluding carboxylic acids is 1. The molecule has 6 heteroatoms. The van der Waals surface area contributed by atoms with E-state index in [1.165, 1.54) is 0 Å². The van der Waals surface area contributed by atoms with Gasteiger partial charge in [-0.15, -0.1) is 11.6 Å². The van der Waals surface area contributed by atoms with Gasteiger partial charge in [-0.25, -0.2) is 9.98 Å². The molecule has 2 aromatic rings. The summed E-state index contributed by atoms with van der Waals surface area (Å²) in [6.45, 7) is 0. The first-order valence-corrected chi connectivity index (χ1v) is 6.44. The molecule has 5 nitrogen and oxygen atoms in total. The number of aliphatic imine (C=N–C) groups is 1. The zero-order valence-corrected chi connectivity index (χ0v) is 11.3. The van der Waals surface area contributed by atoms with Crippen molar-refractivity contribution in [3.63, 3.8) is 0 Å². The molecule has 0 aliphatic rings. The quantitative estimate of drug-likeness (QED) is 0.515. The van der Waals surface area contributed by atoms with Crippen LogP contribution in [0.2, 0.25) is 0 Å². The lowest BCUT2D eigenvalue weighted by atomic mass is 10.2. The zero-order chi connectivity index (χ0) is 14.4. The van der Waals surface area contributed by atoms with Gasteiger partial charge in [0.2, 0.25) is 0 Å². The Bertz CT molecular complexity index is 611. The van der Waals surface area contributed by atoms with Gasteiger partial charge >= 0.3 is 0 Å². The molecule has 1 aromatic heterocycles. The van der Waals surface area contributed by atoms with Crippen LogP contribution in [0, 0.1) is 0 Å². The molecule has 0 radical (unpaired) electrons. The van der Waals surface area contributed by atoms with E-state index in [0.29, 0.717) is 22.9 Å². The summed E-state index contributed by atoms with van der Waals surface area (Å²) < 4.78 is 0. The minimum Gasteiger partial charge on any atom is -0.386 e. The number of nitrogens with zero attached hydrogens (tertiary/aromatic N) is 2. The van der Waals surface area contributed by atoms with Crippen molar-refractivity contribution < 1.29 is 4.79 Å². The second kappa shape index (κ2) is 6.68. The van der Waals surface area contributed by atoms with Crippen LogP contribution in [0.15, 0.2) is 53.7 Å². The maximum absolute atomic E-state index is 12.0. The first-order valence-electron chi connectivity index (χ1n) is 5.90. The van der Waals surface area contributed by atoms with E-state index in [0.717, 1.165) is 0 Å². The largest absolute Gasteiger partial charge is 0.386 e. The molecule has 0 bridgehead atoms. The highest BCUT2D eigenvalue weighted by atomic mass is 35.5. The van der Waals surface area contributed by atoms with Gasteiger partial charge in [0.1, 0.15) is 11.7 Å². The van der Waals surface area contributed by atoms with Crippen LogP contribution < -0.4 is 11.1 Å². The Hall–Kier alpha value is -2.40. The second-order valence-corrected chi connectivity index (χ2v) is 4.22. The molecule has 0 unspecified atom stereocenters. The summed E-state index contributed by atoms with van der Waals surface area (Å²) >= 11 is 5.55. The fraction of sp³-hybridized carbons (Fsp3) is 0.0714. The van der Waals surface area contributed by atoms with E-state index in [1.807, 2.05) is 0 Å². The molecule has 2 rings (SSSR count). The number of benzene rings is 1. The van der Waals surface area contributed by atoms with Crippen molar-refractivity contribution in [2.24, 2.45) is 10.7 Å². The zero-order valence-electron chi connectivity index (χ0n) is 10.6. The number of halogens is 1. The Labute approximate surface area is 121 Å². The van der Waals surface area contributed by atoms with Crippen molar-refractivity contribution in [2.75, 3.05) is 11.2 Å². The minimum atomic E-state index is -0.232. The van der Waals surface area contributed by atoms with Crippen molar-refractivity contribution in [1.82, 2.24) is 4.98 Å². The summed E-state index contributed by atoms with van der Waals surface area (Å²) in [5.41, 5.74) is 6.70. The number of alkyl halides is 1. The van der Waals surface area contributed by atoms with Gasteiger partial charge in [0, 0.05) is 11.8 Å². The smallest absolute Gasteiger partial charge is 0.256 e. The molecule has 102 valence electrons. The molecular formula is C14H13ClN4O. The number of amidine groups is 1. The third kappa shape index (κ3) is 3.80. The van der Waals surface area contributed by atoms with Gasteiger partial charge in [0.15, 0.2) is 0 Å². The predicted octanol–water partition coefficient (Wildman–Crippen LogP) is 2.56. The monoisotopic (exact) mass is 288 g/mol. The molecule has 0 saturated carbocycles. The first-order chi connectivity index (χ1) is 9.69. The second-order valence-electron chi connectivity index (χ2n) is 3.95. The van der Waals surface area contributed by atoms with Crippen LogP contribution in [0.3, 0.4) is 0 Å². The number of nitrogens with one attached hydrogen (secondary N) is 1. The highest BCUT2D eigenvalue weighted by molar-refractivity contribution is 6.28. The Morgan fingerprint density at radius 2 is 2.00 bits per heavy atom. The standard InChI is InChI=1S/C14H13ClN4O/c15-9-12(16)18-11-6-4-10(5-7-11)14(20)19-13-3-1-2-8-17-13/h1-8H,9H2,(H2,16,18)(H,17,19,20). The van der Waals surface area contributed by atoms with Gasteiger partial charge in [-0.2, -0.15) is 0 Å². The van der Waals surface area contributed by atoms with E-state index < -0.39 is 0 Å². The fourth-order valence-electron chi connectivity index (χ4n) is 1.51. The number of hydrogen-bond donors (Lipinski definition) is 2. The van der Waals surface area contributed by atoms with Crippen molar-refractivity contribution >= 4 is 34.8 Å². The van der Waals surface area contributed by atoms with Gasteiger partial charge < -0.3 is 11.1 Å². The Kier molecular flexibility index (Phi) is 4.68. The fourth-order valence-corrected chi connectivity index (χ4v) is 1.57. The van der Waals surface area contributed by atoms with E-state index in [9.17, 15) is 4.79 Å². The summed E-state index contributed by atoms with van der Waals surface area (Å²) in [4.78, 5) is 20.1. The van der Waals surface area contributed by atoms with E-state index in [2.05, 4.69) is 15.3 Å². The highest BCUT2D eigenvalue weighted by Crippen LogP contribution is 2.14. The van der Waals surface area contributed by atoms with Crippen molar-refractivity contribution in [1.29, 1.82) is 0 Å². The molecule has 0 aliphatic heterocycles. The Morgan fingerprint density at radius 1 is 1.25 bits per heavy atom. The lowest BCUT2D eigenvalue weighted by Gasteiger charge is -2.04. The molecule has 1 amide bonds. The number of nitrogens with two attached hydrogens (primary N) is 1. The molecule has 0 aliphatic carbocycles. The SMILES string of the molecule is NC(CCl)=Nc1ccc(C(=O)Nc2ccccn2)cc1. The Balaban J connectivity index is 2.08. The van der Waals surface area contributed by atoms with E-state index in [1.54, 1.807) is 48.7 Å². The van der Waals surface area contributed by atoms with E-state index >= 15 is 0 Å². The van der Waals surface area contributed by atoms with Crippen molar-refractivity contribution in [2.45, 2.75) is 0 Å². The Morgan fingerprint density at radius 3 is 2.60 bits per heavy atom. The number of amides is 1. The summed E-state index contributed by atoms with van der Waals surface area (Å²) in [6, 6.07) is 12.0. The first kappa shape index (κ1) is 14.0. The van der Waals surface area contributed by atoms with Crippen LogP contribution >= 0.6 is 11.6 Å². The van der Waals surface area contributed by atoms with E-state index in [-0.39, 0.29) is 11.8 Å². The molecular weight excluding hydrogens is 276 g/mol. The number of pyridine rings is 1. The highest BCUT2D eigenvalue weighted by Gasteiger charge is 2.06. The van der Waals surface area contributed by atoms with Gasteiger partial charge in [-0.05, 0) is 36.4 Å². The molecule has 1 heterocycles. The molecule has 20 heavy (non-hydrogen) atoms. The van der Waals surface area contributed by atoms with Crippen LogP contribution in [-0.2, 0) is 0 Å². The summed E-state index contributed by atoms with van der Waals surface area (Å²) in [6.07, 6.45) is 1.61. The molecule has 1 aromatic carbocycles. The van der Waals surface area contributed by atoms with Crippen molar-refractivity contribution in [3.05, 3.63) is 54.2 Å². The number of carbonyl (C=O) groups is 1. The summed E-state index contributed by atoms with van der Waals surface area (Å²) in [7, 11) is 0. The maximum Gasteiger partial charge on any atom is 0.256 e. The minimum absolute atomic E-state index is 0.169. The topological polar surface area (TPSA) is 80.4 Å². The molecule has 0 saturated heterocycles. The number of rotatable bonds is 4. The average Bonchev–Trinajstić information content (AvgIpc) is 2.49. The van der Waals surface area contributed by atoms with Gasteiger partial charge in [0.05, 0.1) is 11.6 Å². The van der Waals surface area contributed by atoms with Crippen LogP contribution in [0.4, 0.5) is 11.5 Å². The molecule has 0 spiro atoms. The van der Waals surface area contributed by atoms with Crippen LogP contribution in [0.5, 0.6) is 0 Å². The summed E-state index contributed by atoms with van der Waals surface area (Å²) in [5.74, 6) is 0.773. The normalized spacial score (nSPS) is 11.2. The number of hydrogen-bond acceptors (Lipinski definition) is 3. The maximum atomic E-state index is 12.0. The molecule has 0 fully saturated rings. The van der Waals surface area contributed by atoms with Crippen LogP contribution in [-0.4, -0.2) is 22.6 Å². The molecule has 3 N–H and O–H groups in total. The van der Waals surface area contributed by atoms with Crippen molar-refractivity contribution in [3.8, 4) is 0 Å². The van der Waals surface area contributed by atoms with Crippen LogP contribution in [0.25, 0.3) is 0 Å². The van der Waals surface area contributed by atoms with Gasteiger partial charge in [-0.3, -0.25) is 4.79 Å². The van der Waals surface area contributed by atoms with Crippen LogP contribution in [0.1, 0.15) is 10.4 Å². The third-order valence-corrected chi connectivity index (χ3v) is 2.72. The van der Waals surface area contributed by atoms with E-state index in [4.69, 9.17) is 17.3 Å². The lowest BCUT2D eigenvalue weighted by Crippen LogP contribution is -2.13. The third-order valence-electron chi connectivity index (χ3n) is 2.45. The summed E-state index contributed by atoms with van der Waals surface area (Å²) in [5, 5.41) is 2.70. The van der Waals surface area contributed by atoms with Gasteiger partial charge in [-0.1, -0.05) is 6.07 Å². The van der Waals surface area contributed by atoms with Gasteiger partial charge in [0.25, 0.3) is 5.91 Å².